The van der Waals surface area contributed by atoms with Crippen LogP contribution >= 0.6 is 46.5 Å². The summed E-state index contributed by atoms with van der Waals surface area (Å²) in [5.41, 5.74) is 0.454. The molecule has 3 rings (SSSR count). The lowest BCUT2D eigenvalue weighted by molar-refractivity contribution is 0.892. The highest BCUT2D eigenvalue weighted by atomic mass is 35.5. The first-order valence-corrected chi connectivity index (χ1v) is 10.6. The predicted molar refractivity (Wildman–Crippen MR) is 102 cm³/mol. The molecular formula is C15H15ClN4OS3. The van der Waals surface area contributed by atoms with Crippen LogP contribution in [0, 0.1) is 0 Å². The van der Waals surface area contributed by atoms with Gasteiger partial charge in [0.15, 0.2) is 8.68 Å². The van der Waals surface area contributed by atoms with Crippen molar-refractivity contribution in [2.75, 3.05) is 5.75 Å². The molecule has 0 bridgehead atoms. The van der Waals surface area contributed by atoms with Crippen molar-refractivity contribution in [2.24, 2.45) is 0 Å². The lowest BCUT2D eigenvalue weighted by Gasteiger charge is -2.02. The lowest BCUT2D eigenvalue weighted by Crippen LogP contribution is -2.11. The molecule has 0 unspecified atom stereocenters. The SMILES string of the molecule is CCCCSc1nnc(SCc2nc3cc(Cl)ccc3c(=O)[nH]2)s1. The number of nitrogens with zero attached hydrogens (tertiary/aromatic N) is 3. The Morgan fingerprint density at radius 1 is 1.25 bits per heavy atom. The van der Waals surface area contributed by atoms with E-state index in [9.17, 15) is 4.79 Å². The monoisotopic (exact) mass is 398 g/mol. The topological polar surface area (TPSA) is 71.5 Å². The van der Waals surface area contributed by atoms with Crippen LogP contribution in [0.1, 0.15) is 25.6 Å². The number of unbranched alkanes of at least 4 members (excludes halogenated alkanes) is 1. The van der Waals surface area contributed by atoms with E-state index in [-0.39, 0.29) is 5.56 Å². The minimum absolute atomic E-state index is 0.152. The average molecular weight is 399 g/mol. The van der Waals surface area contributed by atoms with Gasteiger partial charge in [-0.2, -0.15) is 0 Å². The molecule has 1 aromatic carbocycles. The molecule has 2 heterocycles. The van der Waals surface area contributed by atoms with Crippen molar-refractivity contribution in [3.05, 3.63) is 39.4 Å². The first kappa shape index (κ1) is 17.7. The molecule has 5 nitrogen and oxygen atoms in total. The number of halogens is 1. The molecule has 1 N–H and O–H groups in total. The van der Waals surface area contributed by atoms with E-state index in [0.717, 1.165) is 14.4 Å². The number of thioether (sulfide) groups is 2. The molecular weight excluding hydrogens is 384 g/mol. The summed E-state index contributed by atoms with van der Waals surface area (Å²) in [6.07, 6.45) is 2.36. The highest BCUT2D eigenvalue weighted by Crippen LogP contribution is 2.30. The van der Waals surface area contributed by atoms with Crippen LogP contribution in [-0.4, -0.2) is 25.9 Å². The number of aromatic amines is 1. The third-order valence-electron chi connectivity index (χ3n) is 3.16. The molecule has 0 fully saturated rings. The Labute approximate surface area is 156 Å². The third kappa shape index (κ3) is 4.50. The second-order valence-corrected chi connectivity index (χ2v) is 8.98. The van der Waals surface area contributed by atoms with Crippen molar-refractivity contribution in [3.8, 4) is 0 Å². The molecule has 0 radical (unpaired) electrons. The Morgan fingerprint density at radius 2 is 2.04 bits per heavy atom. The summed E-state index contributed by atoms with van der Waals surface area (Å²) in [4.78, 5) is 19.4. The zero-order valence-electron chi connectivity index (χ0n) is 12.9. The van der Waals surface area contributed by atoms with Crippen molar-refractivity contribution < 1.29 is 0 Å². The van der Waals surface area contributed by atoms with Crippen LogP contribution < -0.4 is 5.56 Å². The molecule has 0 amide bonds. The second kappa shape index (κ2) is 8.33. The predicted octanol–water partition coefficient (Wildman–Crippen LogP) is 4.61. The molecule has 0 aliphatic heterocycles. The standard InChI is InChI=1S/C15H15ClN4OS3/c1-2-3-6-22-14-19-20-15(24-14)23-8-12-17-11-7-9(16)4-5-10(11)13(21)18-12/h4-5,7H,2-3,6,8H2,1H3,(H,17,18,21). The molecule has 2 aromatic heterocycles. The Morgan fingerprint density at radius 3 is 2.83 bits per heavy atom. The molecule has 0 spiro atoms. The maximum absolute atomic E-state index is 12.1. The zero-order valence-corrected chi connectivity index (χ0v) is 16.1. The smallest absolute Gasteiger partial charge is 0.258 e. The van der Waals surface area contributed by atoms with Gasteiger partial charge in [0.1, 0.15) is 5.82 Å². The van der Waals surface area contributed by atoms with Gasteiger partial charge in [-0.05, 0) is 24.6 Å². The van der Waals surface area contributed by atoms with Gasteiger partial charge in [-0.1, -0.05) is 59.8 Å². The maximum Gasteiger partial charge on any atom is 0.258 e. The molecule has 0 saturated carbocycles. The minimum atomic E-state index is -0.152. The molecule has 3 aromatic rings. The fourth-order valence-electron chi connectivity index (χ4n) is 1.98. The van der Waals surface area contributed by atoms with Gasteiger partial charge in [-0.15, -0.1) is 10.2 Å². The minimum Gasteiger partial charge on any atom is -0.309 e. The maximum atomic E-state index is 12.1. The first-order chi connectivity index (χ1) is 11.7. The van der Waals surface area contributed by atoms with Gasteiger partial charge >= 0.3 is 0 Å². The second-order valence-electron chi connectivity index (χ2n) is 5.00. The Kier molecular flexibility index (Phi) is 6.15. The van der Waals surface area contributed by atoms with Gasteiger partial charge in [-0.25, -0.2) is 4.98 Å². The van der Waals surface area contributed by atoms with E-state index in [1.165, 1.54) is 24.6 Å². The van der Waals surface area contributed by atoms with Crippen LogP contribution in [0.5, 0.6) is 0 Å². The van der Waals surface area contributed by atoms with Crippen molar-refractivity contribution in [1.29, 1.82) is 0 Å². The van der Waals surface area contributed by atoms with E-state index in [4.69, 9.17) is 11.6 Å². The normalized spacial score (nSPS) is 11.2. The molecule has 9 heteroatoms. The Hall–Kier alpha value is -1.09. The molecule has 0 aliphatic carbocycles. The number of aromatic nitrogens is 4. The number of rotatable bonds is 7. The van der Waals surface area contributed by atoms with Crippen LogP contribution in [0.4, 0.5) is 0 Å². The molecule has 0 saturated heterocycles. The summed E-state index contributed by atoms with van der Waals surface area (Å²) in [6.45, 7) is 2.17. The summed E-state index contributed by atoms with van der Waals surface area (Å²) in [5, 5.41) is 9.47. The van der Waals surface area contributed by atoms with Gasteiger partial charge in [0.05, 0.1) is 16.7 Å². The number of fused-ring (bicyclic) bond motifs is 1. The summed E-state index contributed by atoms with van der Waals surface area (Å²) in [5.74, 6) is 2.21. The average Bonchev–Trinajstić information content (AvgIpc) is 3.01. The quantitative estimate of drug-likeness (QED) is 0.462. The van der Waals surface area contributed by atoms with Crippen molar-refractivity contribution in [1.82, 2.24) is 20.2 Å². The van der Waals surface area contributed by atoms with Crippen LogP contribution in [-0.2, 0) is 5.75 Å². The van der Waals surface area contributed by atoms with E-state index in [1.54, 1.807) is 41.3 Å². The summed E-state index contributed by atoms with van der Waals surface area (Å²) in [6, 6.07) is 5.08. The van der Waals surface area contributed by atoms with E-state index in [1.807, 2.05) is 0 Å². The summed E-state index contributed by atoms with van der Waals surface area (Å²) < 4.78 is 1.86. The number of H-pyrrole nitrogens is 1. The summed E-state index contributed by atoms with van der Waals surface area (Å²) >= 11 is 10.8. The van der Waals surface area contributed by atoms with Gasteiger partial charge < -0.3 is 4.98 Å². The fourth-order valence-corrected chi connectivity index (χ4v) is 5.19. The molecule has 24 heavy (non-hydrogen) atoms. The van der Waals surface area contributed by atoms with Crippen LogP contribution in [0.25, 0.3) is 10.9 Å². The fraction of sp³-hybridized carbons (Fsp3) is 0.333. The summed E-state index contributed by atoms with van der Waals surface area (Å²) in [7, 11) is 0. The Bertz CT molecular complexity index is 896. The van der Waals surface area contributed by atoms with Crippen LogP contribution in [0.2, 0.25) is 5.02 Å². The number of hydrogen-bond donors (Lipinski definition) is 1. The molecule has 0 atom stereocenters. The lowest BCUT2D eigenvalue weighted by atomic mass is 10.2. The van der Waals surface area contributed by atoms with Crippen molar-refractivity contribution in [2.45, 2.75) is 34.2 Å². The van der Waals surface area contributed by atoms with Crippen LogP contribution in [0.3, 0.4) is 0 Å². The number of benzene rings is 1. The zero-order chi connectivity index (χ0) is 16.9. The van der Waals surface area contributed by atoms with Crippen molar-refractivity contribution >= 4 is 57.4 Å². The van der Waals surface area contributed by atoms with Crippen LogP contribution in [0.15, 0.2) is 31.7 Å². The number of nitrogens with one attached hydrogen (secondary N) is 1. The highest BCUT2D eigenvalue weighted by molar-refractivity contribution is 8.02. The molecule has 126 valence electrons. The molecule has 0 aliphatic rings. The van der Waals surface area contributed by atoms with Crippen molar-refractivity contribution in [3.63, 3.8) is 0 Å². The van der Waals surface area contributed by atoms with Gasteiger partial charge in [0.2, 0.25) is 0 Å². The van der Waals surface area contributed by atoms with E-state index >= 15 is 0 Å². The Balaban J connectivity index is 1.68. The largest absolute Gasteiger partial charge is 0.309 e. The van der Waals surface area contributed by atoms with E-state index in [2.05, 4.69) is 27.1 Å². The van der Waals surface area contributed by atoms with Gasteiger partial charge in [-0.3, -0.25) is 4.79 Å². The third-order valence-corrected chi connectivity index (χ3v) is 6.68. The van der Waals surface area contributed by atoms with Gasteiger partial charge in [0, 0.05) is 10.8 Å². The van der Waals surface area contributed by atoms with E-state index < -0.39 is 0 Å². The van der Waals surface area contributed by atoms with Gasteiger partial charge in [0.25, 0.3) is 5.56 Å². The first-order valence-electron chi connectivity index (χ1n) is 7.43. The van der Waals surface area contributed by atoms with E-state index in [0.29, 0.717) is 27.5 Å². The number of hydrogen-bond acceptors (Lipinski definition) is 7. The highest BCUT2D eigenvalue weighted by Gasteiger charge is 2.09.